The van der Waals surface area contributed by atoms with Gasteiger partial charge in [-0.05, 0) is 45.2 Å². The molecule has 2 rings (SSSR count). The van der Waals surface area contributed by atoms with Gasteiger partial charge in [-0.3, -0.25) is 9.59 Å². The fourth-order valence-electron chi connectivity index (χ4n) is 3.52. The lowest BCUT2D eigenvalue weighted by molar-refractivity contribution is -0.155. The lowest BCUT2D eigenvalue weighted by atomic mass is 9.77. The average molecular weight is 297 g/mol. The number of hydrogen-bond acceptors (Lipinski definition) is 4. The summed E-state index contributed by atoms with van der Waals surface area (Å²) in [5, 5.41) is 5.99. The quantitative estimate of drug-likeness (QED) is 0.774. The van der Waals surface area contributed by atoms with Crippen LogP contribution in [0, 0.1) is 5.41 Å². The highest BCUT2D eigenvalue weighted by molar-refractivity contribution is 5.90. The van der Waals surface area contributed by atoms with Gasteiger partial charge in [0, 0.05) is 20.7 Å². The first-order valence-corrected chi connectivity index (χ1v) is 7.87. The highest BCUT2D eigenvalue weighted by Gasteiger charge is 2.45. The van der Waals surface area contributed by atoms with Gasteiger partial charge in [-0.25, -0.2) is 0 Å². The first-order chi connectivity index (χ1) is 10.1. The van der Waals surface area contributed by atoms with E-state index >= 15 is 0 Å². The van der Waals surface area contributed by atoms with Crippen molar-refractivity contribution in [2.24, 2.45) is 5.41 Å². The van der Waals surface area contributed by atoms with Crippen molar-refractivity contribution in [3.63, 3.8) is 0 Å². The van der Waals surface area contributed by atoms with E-state index in [4.69, 9.17) is 4.74 Å². The maximum absolute atomic E-state index is 13.1. The Labute approximate surface area is 126 Å². The summed E-state index contributed by atoms with van der Waals surface area (Å²) < 4.78 is 5.34. The molecule has 6 nitrogen and oxygen atoms in total. The molecule has 2 N–H and O–H groups in total. The zero-order chi connectivity index (χ0) is 15.3. The third-order valence-electron chi connectivity index (χ3n) is 4.75. The molecule has 0 aromatic heterocycles. The summed E-state index contributed by atoms with van der Waals surface area (Å²) in [5.41, 5.74) is -0.469. The van der Waals surface area contributed by atoms with Crippen molar-refractivity contribution in [1.82, 2.24) is 15.5 Å². The molecule has 2 aliphatic rings. The Morgan fingerprint density at radius 2 is 2.05 bits per heavy atom. The average Bonchev–Trinajstić information content (AvgIpc) is 2.54. The van der Waals surface area contributed by atoms with E-state index in [1.165, 1.54) is 0 Å². The van der Waals surface area contributed by atoms with Gasteiger partial charge in [0.15, 0.2) is 0 Å². The van der Waals surface area contributed by atoms with Crippen molar-refractivity contribution in [2.75, 3.05) is 40.4 Å². The predicted molar refractivity (Wildman–Crippen MR) is 79.8 cm³/mol. The van der Waals surface area contributed by atoms with Gasteiger partial charge in [-0.2, -0.15) is 0 Å². The molecule has 6 heteroatoms. The van der Waals surface area contributed by atoms with Crippen LogP contribution in [-0.4, -0.2) is 63.2 Å². The van der Waals surface area contributed by atoms with Crippen molar-refractivity contribution in [3.8, 4) is 0 Å². The number of nitrogens with zero attached hydrogens (tertiary/aromatic N) is 1. The van der Waals surface area contributed by atoms with Crippen molar-refractivity contribution >= 4 is 11.8 Å². The molecule has 2 amide bonds. The fraction of sp³-hybridized carbons (Fsp3) is 0.867. The Morgan fingerprint density at radius 3 is 2.67 bits per heavy atom. The van der Waals surface area contributed by atoms with Gasteiger partial charge in [0.1, 0.15) is 6.04 Å². The van der Waals surface area contributed by atoms with Crippen LogP contribution >= 0.6 is 0 Å². The van der Waals surface area contributed by atoms with E-state index in [2.05, 4.69) is 10.6 Å². The first kappa shape index (κ1) is 16.2. The molecule has 2 heterocycles. The summed E-state index contributed by atoms with van der Waals surface area (Å²) in [4.78, 5) is 27.0. The molecule has 0 spiro atoms. The van der Waals surface area contributed by atoms with Crippen molar-refractivity contribution in [3.05, 3.63) is 0 Å². The van der Waals surface area contributed by atoms with Gasteiger partial charge in [-0.15, -0.1) is 0 Å². The molecule has 0 aromatic carbocycles. The van der Waals surface area contributed by atoms with Gasteiger partial charge < -0.3 is 20.3 Å². The van der Waals surface area contributed by atoms with Crippen molar-refractivity contribution in [1.29, 1.82) is 0 Å². The smallest absolute Gasteiger partial charge is 0.242 e. The third kappa shape index (κ3) is 3.37. The molecule has 0 aliphatic carbocycles. The second kappa shape index (κ2) is 7.22. The van der Waals surface area contributed by atoms with E-state index in [1.54, 1.807) is 19.1 Å². The molecule has 0 aromatic rings. The van der Waals surface area contributed by atoms with Crippen LogP contribution in [0.15, 0.2) is 0 Å². The molecule has 21 heavy (non-hydrogen) atoms. The number of carbonyl (C=O) groups excluding carboxylic acids is 2. The molecular formula is C15H27N3O3. The maximum Gasteiger partial charge on any atom is 0.242 e. The Bertz CT molecular complexity index is 375. The summed E-state index contributed by atoms with van der Waals surface area (Å²) in [6.07, 6.45) is 4.28. The Balaban J connectivity index is 2.19. The van der Waals surface area contributed by atoms with Crippen LogP contribution in [-0.2, 0) is 14.3 Å². The minimum Gasteiger partial charge on any atom is -0.384 e. The standard InChI is InChI=1S/C15H27N3O3/c1-16-13(19)12-5-3-4-10-18(12)14(20)15(11-21-2)6-8-17-9-7-15/h12,17H,3-11H2,1-2H3,(H,16,19). The normalized spacial score (nSPS) is 25.4. The number of likely N-dealkylation sites (tertiary alicyclic amines) is 1. The van der Waals surface area contributed by atoms with Gasteiger partial charge in [-0.1, -0.05) is 0 Å². The molecule has 120 valence electrons. The topological polar surface area (TPSA) is 70.7 Å². The molecule has 2 aliphatic heterocycles. The molecule has 0 saturated carbocycles. The summed E-state index contributed by atoms with van der Waals surface area (Å²) in [6.45, 7) is 2.77. The summed E-state index contributed by atoms with van der Waals surface area (Å²) in [5.74, 6) is 0.0451. The van der Waals surface area contributed by atoms with Crippen LogP contribution in [0.3, 0.4) is 0 Å². The van der Waals surface area contributed by atoms with Crippen molar-refractivity contribution in [2.45, 2.75) is 38.1 Å². The Kier molecular flexibility index (Phi) is 5.58. The fourth-order valence-corrected chi connectivity index (χ4v) is 3.52. The molecule has 1 unspecified atom stereocenters. The van der Waals surface area contributed by atoms with Crippen molar-refractivity contribution < 1.29 is 14.3 Å². The van der Waals surface area contributed by atoms with Crippen LogP contribution in [0.2, 0.25) is 0 Å². The number of carbonyl (C=O) groups is 2. The van der Waals surface area contributed by atoms with Crippen LogP contribution in [0.25, 0.3) is 0 Å². The van der Waals surface area contributed by atoms with E-state index in [9.17, 15) is 9.59 Å². The van der Waals surface area contributed by atoms with E-state index in [-0.39, 0.29) is 17.9 Å². The van der Waals surface area contributed by atoms with Gasteiger partial charge in [0.25, 0.3) is 0 Å². The minimum absolute atomic E-state index is 0.0513. The van der Waals surface area contributed by atoms with E-state index < -0.39 is 5.41 Å². The number of rotatable bonds is 4. The second-order valence-electron chi connectivity index (χ2n) is 6.09. The number of nitrogens with one attached hydrogen (secondary N) is 2. The van der Waals surface area contributed by atoms with Crippen LogP contribution in [0.4, 0.5) is 0 Å². The molecule has 2 fully saturated rings. The zero-order valence-electron chi connectivity index (χ0n) is 13.1. The number of methoxy groups -OCH3 is 1. The SMILES string of the molecule is CNC(=O)C1CCCCN1C(=O)C1(COC)CCNCC1. The van der Waals surface area contributed by atoms with Gasteiger partial charge >= 0.3 is 0 Å². The minimum atomic E-state index is -0.469. The highest BCUT2D eigenvalue weighted by atomic mass is 16.5. The number of piperidine rings is 2. The van der Waals surface area contributed by atoms with Gasteiger partial charge in [0.05, 0.1) is 12.0 Å². The number of likely N-dealkylation sites (N-methyl/N-ethyl adjacent to an activating group) is 1. The van der Waals surface area contributed by atoms with E-state index in [0.29, 0.717) is 13.2 Å². The number of amides is 2. The summed E-state index contributed by atoms with van der Waals surface area (Å²) in [7, 11) is 3.28. The third-order valence-corrected chi connectivity index (χ3v) is 4.75. The number of hydrogen-bond donors (Lipinski definition) is 2. The highest BCUT2D eigenvalue weighted by Crippen LogP contribution is 2.34. The summed E-state index contributed by atoms with van der Waals surface area (Å²) >= 11 is 0. The zero-order valence-corrected chi connectivity index (χ0v) is 13.1. The first-order valence-electron chi connectivity index (χ1n) is 7.87. The lowest BCUT2D eigenvalue weighted by Gasteiger charge is -2.43. The molecule has 0 bridgehead atoms. The number of ether oxygens (including phenoxy) is 1. The Hall–Kier alpha value is -1.14. The van der Waals surface area contributed by atoms with Crippen LogP contribution < -0.4 is 10.6 Å². The molecular weight excluding hydrogens is 270 g/mol. The largest absolute Gasteiger partial charge is 0.384 e. The maximum atomic E-state index is 13.1. The molecule has 2 saturated heterocycles. The van der Waals surface area contributed by atoms with Crippen LogP contribution in [0.5, 0.6) is 0 Å². The molecule has 0 radical (unpaired) electrons. The summed E-state index contributed by atoms with van der Waals surface area (Å²) in [6, 6.07) is -0.320. The monoisotopic (exact) mass is 297 g/mol. The van der Waals surface area contributed by atoms with E-state index in [0.717, 1.165) is 45.2 Å². The lowest BCUT2D eigenvalue weighted by Crippen LogP contribution is -2.58. The van der Waals surface area contributed by atoms with Crippen LogP contribution in [0.1, 0.15) is 32.1 Å². The Morgan fingerprint density at radius 1 is 1.33 bits per heavy atom. The molecule has 1 atom stereocenters. The van der Waals surface area contributed by atoms with Gasteiger partial charge in [0.2, 0.25) is 11.8 Å². The second-order valence-corrected chi connectivity index (χ2v) is 6.09. The predicted octanol–water partition coefficient (Wildman–Crippen LogP) is 0.130. The van der Waals surface area contributed by atoms with E-state index in [1.807, 2.05) is 0 Å².